The zero-order chi connectivity index (χ0) is 26.0. The van der Waals surface area contributed by atoms with Gasteiger partial charge < -0.3 is 15.1 Å². The lowest BCUT2D eigenvalue weighted by Gasteiger charge is -2.26. The largest absolute Gasteiger partial charge is 0.351 e. The molecule has 2 heterocycles. The molecule has 2 aliphatic rings. The van der Waals surface area contributed by atoms with Crippen molar-refractivity contribution in [2.24, 2.45) is 5.41 Å². The molecule has 1 spiro atoms. The molecule has 37 heavy (non-hydrogen) atoms. The number of allylic oxidation sites excluding steroid dienone is 1. The first kappa shape index (κ1) is 25.0. The number of fused-ring (bicyclic) bond motifs is 1. The number of para-hydroxylation sites is 1. The van der Waals surface area contributed by atoms with E-state index in [2.05, 4.69) is 27.5 Å². The zero-order valence-electron chi connectivity index (χ0n) is 21.9. The third-order valence-electron chi connectivity index (χ3n) is 7.51. The number of hydrogen-bond donors (Lipinski definition) is 1. The molecule has 0 fully saturated rings. The summed E-state index contributed by atoms with van der Waals surface area (Å²) in [6.45, 7) is 4.03. The molecule has 2 aromatic carbocycles. The molecule has 5 rings (SSSR count). The molecule has 0 saturated heterocycles. The summed E-state index contributed by atoms with van der Waals surface area (Å²) in [6.07, 6.45) is 7.48. The molecule has 2 amide bonds. The van der Waals surface area contributed by atoms with Gasteiger partial charge in [0, 0.05) is 42.7 Å². The predicted octanol–water partition coefficient (Wildman–Crippen LogP) is 4.16. The summed E-state index contributed by atoms with van der Waals surface area (Å²) >= 11 is 0. The summed E-state index contributed by atoms with van der Waals surface area (Å²) in [4.78, 5) is 30.5. The van der Waals surface area contributed by atoms with Gasteiger partial charge in [-0.2, -0.15) is 5.10 Å². The number of aromatic nitrogens is 2. The number of carbonyl (C=O) groups excluding carboxylic acids is 2. The number of anilines is 1. The Labute approximate surface area is 218 Å². The molecule has 1 atom stereocenters. The molecular weight excluding hydrogens is 462 g/mol. The second-order valence-electron chi connectivity index (χ2n) is 10.6. The van der Waals surface area contributed by atoms with Crippen molar-refractivity contribution in [1.82, 2.24) is 20.0 Å². The fourth-order valence-corrected chi connectivity index (χ4v) is 5.45. The van der Waals surface area contributed by atoms with Gasteiger partial charge in [-0.25, -0.2) is 4.68 Å². The van der Waals surface area contributed by atoms with E-state index in [-0.39, 0.29) is 17.2 Å². The van der Waals surface area contributed by atoms with Crippen LogP contribution >= 0.6 is 0 Å². The average molecular weight is 498 g/mol. The fraction of sp³-hybridized carbons (Fsp3) is 0.367. The lowest BCUT2D eigenvalue weighted by atomic mass is 9.79. The van der Waals surface area contributed by atoms with Crippen molar-refractivity contribution in [1.29, 1.82) is 0 Å². The van der Waals surface area contributed by atoms with E-state index in [1.54, 1.807) is 0 Å². The van der Waals surface area contributed by atoms with Crippen LogP contribution in [0.25, 0.3) is 5.69 Å². The highest BCUT2D eigenvalue weighted by molar-refractivity contribution is 6.06. The molecule has 0 saturated carbocycles. The highest BCUT2D eigenvalue weighted by atomic mass is 16.2. The van der Waals surface area contributed by atoms with Crippen molar-refractivity contribution in [3.8, 4) is 5.69 Å². The van der Waals surface area contributed by atoms with E-state index >= 15 is 0 Å². The van der Waals surface area contributed by atoms with Crippen LogP contribution in [-0.4, -0.2) is 60.2 Å². The first-order chi connectivity index (χ1) is 17.8. The van der Waals surface area contributed by atoms with E-state index in [0.29, 0.717) is 18.7 Å². The van der Waals surface area contributed by atoms with Crippen LogP contribution in [0.15, 0.2) is 72.4 Å². The van der Waals surface area contributed by atoms with Gasteiger partial charge in [0.25, 0.3) is 5.91 Å². The molecule has 1 N–H and O–H groups in total. The summed E-state index contributed by atoms with van der Waals surface area (Å²) in [5.41, 5.74) is 5.41. The lowest BCUT2D eigenvalue weighted by molar-refractivity contribution is -0.117. The number of benzene rings is 2. The van der Waals surface area contributed by atoms with Gasteiger partial charge in [-0.3, -0.25) is 9.59 Å². The highest BCUT2D eigenvalue weighted by Gasteiger charge is 2.39. The Bertz CT molecular complexity index is 1320. The second kappa shape index (κ2) is 10.3. The molecule has 1 unspecified atom stereocenters. The van der Waals surface area contributed by atoms with Gasteiger partial charge in [-0.05, 0) is 94.1 Å². The minimum atomic E-state index is -0.110. The van der Waals surface area contributed by atoms with Crippen LogP contribution in [0, 0.1) is 12.3 Å². The second-order valence-corrected chi connectivity index (χ2v) is 10.6. The average Bonchev–Trinajstić information content (AvgIpc) is 3.47. The topological polar surface area (TPSA) is 70.5 Å². The number of rotatable bonds is 6. The third-order valence-corrected chi connectivity index (χ3v) is 7.51. The van der Waals surface area contributed by atoms with Crippen molar-refractivity contribution in [2.45, 2.75) is 32.6 Å². The van der Waals surface area contributed by atoms with Gasteiger partial charge in [0.1, 0.15) is 0 Å². The lowest BCUT2D eigenvalue weighted by Crippen LogP contribution is -2.33. The van der Waals surface area contributed by atoms with Crippen LogP contribution in [-0.2, 0) is 11.2 Å². The fourth-order valence-electron chi connectivity index (χ4n) is 5.45. The van der Waals surface area contributed by atoms with Gasteiger partial charge in [0.05, 0.1) is 11.4 Å². The Morgan fingerprint density at radius 2 is 1.84 bits per heavy atom. The molecule has 1 aliphatic carbocycles. The number of amides is 2. The van der Waals surface area contributed by atoms with Crippen molar-refractivity contribution in [3.05, 3.63) is 89.3 Å². The van der Waals surface area contributed by atoms with E-state index in [1.165, 1.54) is 0 Å². The quantitative estimate of drug-likeness (QED) is 0.555. The highest BCUT2D eigenvalue weighted by Crippen LogP contribution is 2.46. The Hall–Kier alpha value is -3.71. The third kappa shape index (κ3) is 5.37. The van der Waals surface area contributed by atoms with E-state index in [4.69, 9.17) is 0 Å². The van der Waals surface area contributed by atoms with E-state index in [1.807, 2.05) is 85.3 Å². The Balaban J connectivity index is 1.36. The maximum atomic E-state index is 13.7. The molecule has 7 heteroatoms. The number of aryl methyl sites for hydroxylation is 1. The molecule has 7 nitrogen and oxygen atoms in total. The number of hydrogen-bond acceptors (Lipinski definition) is 4. The van der Waals surface area contributed by atoms with E-state index in [0.717, 1.165) is 60.4 Å². The minimum Gasteiger partial charge on any atom is -0.351 e. The monoisotopic (exact) mass is 497 g/mol. The summed E-state index contributed by atoms with van der Waals surface area (Å²) in [6, 6.07) is 17.8. The molecule has 3 aromatic rings. The SMILES string of the molecule is Cc1ccn(-c2ccc(C(=O)N3CCC4(C=C(C(=O)NCCN(C)C)CC4)Cc4ccccc43)cc2)n1. The first-order valence-electron chi connectivity index (χ1n) is 13.0. The van der Waals surface area contributed by atoms with Crippen molar-refractivity contribution < 1.29 is 9.59 Å². The summed E-state index contributed by atoms with van der Waals surface area (Å²) < 4.78 is 1.81. The Kier molecular flexibility index (Phi) is 6.98. The maximum Gasteiger partial charge on any atom is 0.258 e. The van der Waals surface area contributed by atoms with Gasteiger partial charge in [0.2, 0.25) is 5.91 Å². The minimum absolute atomic E-state index is 0.00340. The predicted molar refractivity (Wildman–Crippen MR) is 146 cm³/mol. The molecule has 1 aromatic heterocycles. The van der Waals surface area contributed by atoms with Crippen molar-refractivity contribution in [3.63, 3.8) is 0 Å². The Morgan fingerprint density at radius 3 is 2.57 bits per heavy atom. The molecule has 1 aliphatic heterocycles. The van der Waals surface area contributed by atoms with Gasteiger partial charge in [0.15, 0.2) is 0 Å². The number of nitrogens with one attached hydrogen (secondary N) is 1. The summed E-state index contributed by atoms with van der Waals surface area (Å²) in [5, 5.41) is 7.52. The van der Waals surface area contributed by atoms with Crippen LogP contribution in [0.4, 0.5) is 5.69 Å². The molecule has 192 valence electrons. The number of carbonyl (C=O) groups is 2. The van der Waals surface area contributed by atoms with E-state index < -0.39 is 0 Å². The van der Waals surface area contributed by atoms with Crippen molar-refractivity contribution in [2.75, 3.05) is 38.6 Å². The van der Waals surface area contributed by atoms with Crippen molar-refractivity contribution >= 4 is 17.5 Å². The van der Waals surface area contributed by atoms with Gasteiger partial charge in [-0.15, -0.1) is 0 Å². The first-order valence-corrected chi connectivity index (χ1v) is 13.0. The number of nitrogens with zero attached hydrogens (tertiary/aromatic N) is 4. The molecule has 0 bridgehead atoms. The summed E-state index contributed by atoms with van der Waals surface area (Å²) in [5.74, 6) is 0.0352. The molecule has 0 radical (unpaired) electrons. The van der Waals surface area contributed by atoms with Gasteiger partial charge >= 0.3 is 0 Å². The van der Waals surface area contributed by atoms with Crippen LogP contribution in [0.5, 0.6) is 0 Å². The summed E-state index contributed by atoms with van der Waals surface area (Å²) in [7, 11) is 4.00. The van der Waals surface area contributed by atoms with Crippen LogP contribution in [0.2, 0.25) is 0 Å². The van der Waals surface area contributed by atoms with Crippen LogP contribution < -0.4 is 10.2 Å². The Morgan fingerprint density at radius 1 is 1.05 bits per heavy atom. The smallest absolute Gasteiger partial charge is 0.258 e. The van der Waals surface area contributed by atoms with Gasteiger partial charge in [-0.1, -0.05) is 24.3 Å². The van der Waals surface area contributed by atoms with E-state index in [9.17, 15) is 9.59 Å². The molecular formula is C30H35N5O2. The standard InChI is InChI=1S/C30H35N5O2/c1-22-13-17-35(32-22)26-10-8-23(9-11-26)29(37)34-18-15-30(20-24-6-4-5-7-27(24)34)14-12-25(21-30)28(36)31-16-19-33(2)3/h4-11,13,17,21H,12,14-16,18-20H2,1-3H3,(H,31,36). The normalized spacial score (nSPS) is 19.0. The van der Waals surface area contributed by atoms with Crippen LogP contribution in [0.1, 0.15) is 40.9 Å². The number of likely N-dealkylation sites (N-methyl/N-ethyl adjacent to an activating group) is 1. The van der Waals surface area contributed by atoms with Crippen LogP contribution in [0.3, 0.4) is 0 Å². The maximum absolute atomic E-state index is 13.7. The zero-order valence-corrected chi connectivity index (χ0v) is 21.9.